The van der Waals surface area contributed by atoms with E-state index in [9.17, 15) is 4.79 Å². The van der Waals surface area contributed by atoms with Crippen LogP contribution in [0.15, 0.2) is 34.4 Å². The van der Waals surface area contributed by atoms with E-state index in [1.807, 2.05) is 45.2 Å². The number of methoxy groups -OCH3 is 1. The van der Waals surface area contributed by atoms with Gasteiger partial charge >= 0.3 is 0 Å². The van der Waals surface area contributed by atoms with E-state index in [1.54, 1.807) is 20.4 Å². The fourth-order valence-corrected chi connectivity index (χ4v) is 4.06. The van der Waals surface area contributed by atoms with Crippen LogP contribution in [0.3, 0.4) is 0 Å². The Morgan fingerprint density at radius 1 is 1.28 bits per heavy atom. The molecule has 168 valence electrons. The van der Waals surface area contributed by atoms with Gasteiger partial charge in [0.05, 0.1) is 17.8 Å². The van der Waals surface area contributed by atoms with E-state index < -0.39 is 0 Å². The van der Waals surface area contributed by atoms with Gasteiger partial charge in [-0.1, -0.05) is 17.7 Å². The average Bonchev–Trinajstić information content (AvgIpc) is 3.16. The molecule has 0 saturated carbocycles. The van der Waals surface area contributed by atoms with E-state index in [4.69, 9.17) is 21.3 Å². The van der Waals surface area contributed by atoms with Gasteiger partial charge in [0.25, 0.3) is 5.56 Å². The van der Waals surface area contributed by atoms with Crippen molar-refractivity contribution in [1.82, 2.24) is 19.5 Å². The lowest BCUT2D eigenvalue weighted by atomic mass is 9.97. The molecule has 3 aromatic rings. The molecule has 1 aliphatic rings. The van der Waals surface area contributed by atoms with Gasteiger partial charge in [0, 0.05) is 60.0 Å². The molecule has 3 N–H and O–H groups in total. The van der Waals surface area contributed by atoms with E-state index in [1.165, 1.54) is 4.57 Å². The van der Waals surface area contributed by atoms with Crippen molar-refractivity contribution in [2.24, 2.45) is 7.05 Å². The Balaban J connectivity index is 1.71. The Labute approximate surface area is 191 Å². The van der Waals surface area contributed by atoms with Crippen LogP contribution in [0.2, 0.25) is 0 Å². The number of nitrogens with zero attached hydrogens (tertiary/aromatic N) is 3. The highest BCUT2D eigenvalue weighted by Crippen LogP contribution is 2.36. The summed E-state index contributed by atoms with van der Waals surface area (Å²) in [5.41, 5.74) is 4.49. The zero-order chi connectivity index (χ0) is 23.0. The molecule has 0 aromatic carbocycles. The van der Waals surface area contributed by atoms with Crippen LogP contribution >= 0.6 is 11.6 Å². The molecule has 0 saturated heterocycles. The van der Waals surface area contributed by atoms with Crippen molar-refractivity contribution < 1.29 is 4.74 Å². The number of fused-ring (bicyclic) bond motifs is 1. The van der Waals surface area contributed by atoms with Gasteiger partial charge in [-0.05, 0) is 32.9 Å². The van der Waals surface area contributed by atoms with Gasteiger partial charge in [-0.2, -0.15) is 0 Å². The number of pyridine rings is 1. The summed E-state index contributed by atoms with van der Waals surface area (Å²) in [4.78, 5) is 25.3. The normalized spacial score (nSPS) is 14.0. The number of halogens is 1. The molecule has 1 atom stereocenters. The molecule has 9 heteroatoms. The molecule has 1 unspecified atom stereocenters. The van der Waals surface area contributed by atoms with Crippen molar-refractivity contribution in [3.05, 3.63) is 62.3 Å². The smallest absolute Gasteiger partial charge is 0.264 e. The lowest BCUT2D eigenvalue weighted by molar-refractivity contribution is 0.135. The summed E-state index contributed by atoms with van der Waals surface area (Å²) >= 11 is 6.24. The van der Waals surface area contributed by atoms with Crippen molar-refractivity contribution >= 4 is 29.4 Å². The predicted molar refractivity (Wildman–Crippen MR) is 128 cm³/mol. The Hall–Kier alpha value is -3.10. The second-order valence-corrected chi connectivity index (χ2v) is 8.61. The van der Waals surface area contributed by atoms with Crippen LogP contribution in [0.4, 0.5) is 11.8 Å². The minimum atomic E-state index is -0.337. The largest absolute Gasteiger partial charge is 0.372 e. The molecular formula is C23H27ClN6O2. The number of rotatable bonds is 6. The van der Waals surface area contributed by atoms with Crippen LogP contribution in [0.25, 0.3) is 17.3 Å². The molecule has 4 rings (SSSR count). The van der Waals surface area contributed by atoms with Crippen molar-refractivity contribution in [3.63, 3.8) is 0 Å². The maximum absolute atomic E-state index is 12.9. The molecule has 8 nitrogen and oxygen atoms in total. The molecule has 1 aliphatic heterocycles. The summed E-state index contributed by atoms with van der Waals surface area (Å²) in [6.45, 7) is 6.50. The minimum absolute atomic E-state index is 0.156. The van der Waals surface area contributed by atoms with Gasteiger partial charge in [0.2, 0.25) is 5.95 Å². The maximum atomic E-state index is 12.9. The van der Waals surface area contributed by atoms with Gasteiger partial charge < -0.3 is 20.4 Å². The number of aryl methyl sites for hydroxylation is 1. The van der Waals surface area contributed by atoms with Crippen LogP contribution in [-0.4, -0.2) is 39.2 Å². The number of aromatic amines is 1. The van der Waals surface area contributed by atoms with E-state index in [-0.39, 0.29) is 17.7 Å². The van der Waals surface area contributed by atoms with Gasteiger partial charge in [0.1, 0.15) is 11.9 Å². The fourth-order valence-electron chi connectivity index (χ4n) is 3.88. The van der Waals surface area contributed by atoms with E-state index in [2.05, 4.69) is 20.6 Å². The molecule has 3 aromatic heterocycles. The number of hydrogen-bond acceptors (Lipinski definition) is 6. The van der Waals surface area contributed by atoms with E-state index >= 15 is 0 Å². The predicted octanol–water partition coefficient (Wildman–Crippen LogP) is 4.04. The Morgan fingerprint density at radius 2 is 2.06 bits per heavy atom. The van der Waals surface area contributed by atoms with Crippen LogP contribution < -0.4 is 16.2 Å². The van der Waals surface area contributed by atoms with Gasteiger partial charge in [-0.3, -0.25) is 14.3 Å². The first-order valence-electron chi connectivity index (χ1n) is 10.4. The quantitative estimate of drug-likeness (QED) is 0.520. The standard InChI is InChI=1S/C23H27ClN6O2/c1-12(2)28-23-27-11-18(22(31)30(23)4)19-7-6-15(13(3)29-19)20(32-5)17-10-26-21-16(17)8-14(24)9-25-21/h6-8,10-12,20,25-26H,9H2,1-5H3,(H,27,28). The molecule has 0 spiro atoms. The number of H-pyrrole nitrogens is 1. The first kappa shape index (κ1) is 22.1. The highest BCUT2D eigenvalue weighted by Gasteiger charge is 2.24. The minimum Gasteiger partial charge on any atom is -0.372 e. The highest BCUT2D eigenvalue weighted by molar-refractivity contribution is 6.32. The van der Waals surface area contributed by atoms with Crippen LogP contribution in [0.5, 0.6) is 0 Å². The van der Waals surface area contributed by atoms with Crippen molar-refractivity contribution in [1.29, 1.82) is 0 Å². The summed E-state index contributed by atoms with van der Waals surface area (Å²) in [5, 5.41) is 7.17. The lowest BCUT2D eigenvalue weighted by Gasteiger charge is -2.20. The zero-order valence-electron chi connectivity index (χ0n) is 18.8. The van der Waals surface area contributed by atoms with Crippen LogP contribution in [0.1, 0.15) is 42.3 Å². The number of nitrogens with one attached hydrogen (secondary N) is 3. The zero-order valence-corrected chi connectivity index (χ0v) is 19.5. The Bertz CT molecular complexity index is 1240. The SMILES string of the molecule is COC(c1ccc(-c2cnc(NC(C)C)n(C)c2=O)nc1C)c1c[nH]c2c1C=C(Cl)CN2. The van der Waals surface area contributed by atoms with Crippen molar-refractivity contribution in [3.8, 4) is 11.3 Å². The summed E-state index contributed by atoms with van der Waals surface area (Å²) in [6, 6.07) is 3.96. The van der Waals surface area contributed by atoms with E-state index in [0.717, 1.165) is 33.2 Å². The molecule has 0 aliphatic carbocycles. The Morgan fingerprint density at radius 3 is 2.75 bits per heavy atom. The molecule has 32 heavy (non-hydrogen) atoms. The third kappa shape index (κ3) is 4.03. The first-order chi connectivity index (χ1) is 15.3. The summed E-state index contributed by atoms with van der Waals surface area (Å²) < 4.78 is 7.36. The Kier molecular flexibility index (Phi) is 6.08. The van der Waals surface area contributed by atoms with Gasteiger partial charge in [-0.25, -0.2) is 4.98 Å². The summed E-state index contributed by atoms with van der Waals surface area (Å²) in [5.74, 6) is 1.44. The summed E-state index contributed by atoms with van der Waals surface area (Å²) in [7, 11) is 3.37. The average molecular weight is 455 g/mol. The third-order valence-electron chi connectivity index (χ3n) is 5.48. The topological polar surface area (TPSA) is 96.9 Å². The maximum Gasteiger partial charge on any atom is 0.264 e. The molecular weight excluding hydrogens is 428 g/mol. The molecule has 0 fully saturated rings. The molecule has 4 heterocycles. The first-order valence-corrected chi connectivity index (χ1v) is 10.8. The van der Waals surface area contributed by atoms with Gasteiger partial charge in [0.15, 0.2) is 0 Å². The van der Waals surface area contributed by atoms with Gasteiger partial charge in [-0.15, -0.1) is 0 Å². The van der Waals surface area contributed by atoms with E-state index in [0.29, 0.717) is 23.8 Å². The lowest BCUT2D eigenvalue weighted by Crippen LogP contribution is -2.26. The monoisotopic (exact) mass is 454 g/mol. The molecule has 0 radical (unpaired) electrons. The fraction of sp³-hybridized carbons (Fsp3) is 0.348. The number of aromatic nitrogens is 4. The molecule has 0 amide bonds. The summed E-state index contributed by atoms with van der Waals surface area (Å²) in [6.07, 6.45) is 5.11. The van der Waals surface area contributed by atoms with Crippen LogP contribution in [0, 0.1) is 6.92 Å². The number of anilines is 2. The number of hydrogen-bond donors (Lipinski definition) is 3. The van der Waals surface area contributed by atoms with Crippen LogP contribution in [-0.2, 0) is 11.8 Å². The molecule has 0 bridgehead atoms. The second-order valence-electron chi connectivity index (χ2n) is 8.12. The van der Waals surface area contributed by atoms with Crippen molar-refractivity contribution in [2.45, 2.75) is 32.9 Å². The third-order valence-corrected chi connectivity index (χ3v) is 5.72. The number of ether oxygens (including phenoxy) is 1. The van der Waals surface area contributed by atoms with Crippen molar-refractivity contribution in [2.75, 3.05) is 24.3 Å². The highest BCUT2D eigenvalue weighted by atomic mass is 35.5. The second kappa shape index (κ2) is 8.80.